The average Bonchev–Trinajstić information content (AvgIpc) is 2.96. The van der Waals surface area contributed by atoms with Crippen molar-refractivity contribution in [1.29, 1.82) is 0 Å². The number of carbonyl (C=O) groups is 1. The predicted molar refractivity (Wildman–Crippen MR) is 69.0 cm³/mol. The first-order chi connectivity index (χ1) is 9.13. The molecule has 0 amide bonds. The van der Waals surface area contributed by atoms with E-state index in [1.807, 2.05) is 17.8 Å². The Morgan fingerprint density at radius 1 is 1.42 bits per heavy atom. The highest BCUT2D eigenvalue weighted by Gasteiger charge is 2.08. The molecule has 0 unspecified atom stereocenters. The molecule has 0 aliphatic rings. The summed E-state index contributed by atoms with van der Waals surface area (Å²) in [6.07, 6.45) is 5.46. The molecular formula is C13H12N4O2. The fraction of sp³-hybridized carbons (Fsp3) is 0.154. The lowest BCUT2D eigenvalue weighted by molar-refractivity contribution is 0.0697. The zero-order valence-electron chi connectivity index (χ0n) is 10.3. The molecule has 2 aromatic heterocycles. The number of benzene rings is 1. The third-order valence-corrected chi connectivity index (χ3v) is 2.98. The molecule has 3 aromatic rings. The van der Waals surface area contributed by atoms with Gasteiger partial charge in [0.05, 0.1) is 35.7 Å². The van der Waals surface area contributed by atoms with Gasteiger partial charge in [-0.2, -0.15) is 5.10 Å². The molecule has 96 valence electrons. The number of imidazole rings is 1. The summed E-state index contributed by atoms with van der Waals surface area (Å²) in [6, 6.07) is 4.95. The Labute approximate surface area is 108 Å². The van der Waals surface area contributed by atoms with Crippen LogP contribution in [-0.2, 0) is 13.6 Å². The summed E-state index contributed by atoms with van der Waals surface area (Å²) >= 11 is 0. The highest BCUT2D eigenvalue weighted by molar-refractivity contribution is 5.92. The Balaban J connectivity index is 1.99. The molecule has 0 radical (unpaired) electrons. The molecule has 0 aliphatic carbocycles. The van der Waals surface area contributed by atoms with Gasteiger partial charge in [0.15, 0.2) is 0 Å². The van der Waals surface area contributed by atoms with E-state index in [9.17, 15) is 4.79 Å². The Morgan fingerprint density at radius 2 is 2.26 bits per heavy atom. The van der Waals surface area contributed by atoms with Crippen LogP contribution in [-0.4, -0.2) is 30.4 Å². The highest BCUT2D eigenvalue weighted by atomic mass is 16.4. The van der Waals surface area contributed by atoms with Crippen molar-refractivity contribution in [3.05, 3.63) is 48.0 Å². The first-order valence-corrected chi connectivity index (χ1v) is 5.79. The molecule has 6 heteroatoms. The summed E-state index contributed by atoms with van der Waals surface area (Å²) in [7, 11) is 1.87. The summed E-state index contributed by atoms with van der Waals surface area (Å²) in [5, 5.41) is 13.1. The molecule has 0 aliphatic heterocycles. The van der Waals surface area contributed by atoms with Gasteiger partial charge in [0, 0.05) is 18.8 Å². The largest absolute Gasteiger partial charge is 0.478 e. The van der Waals surface area contributed by atoms with Crippen LogP contribution in [0.25, 0.3) is 11.0 Å². The quantitative estimate of drug-likeness (QED) is 0.771. The van der Waals surface area contributed by atoms with E-state index in [0.717, 1.165) is 11.1 Å². The van der Waals surface area contributed by atoms with E-state index in [4.69, 9.17) is 5.11 Å². The zero-order chi connectivity index (χ0) is 13.4. The number of carboxylic acids is 1. The number of hydrogen-bond donors (Lipinski definition) is 1. The third-order valence-electron chi connectivity index (χ3n) is 2.98. The minimum atomic E-state index is -0.941. The van der Waals surface area contributed by atoms with Crippen molar-refractivity contribution >= 4 is 17.0 Å². The third kappa shape index (κ3) is 2.08. The SMILES string of the molecule is Cn1cc(Cn2cnc3cc(C(=O)O)ccc32)cn1. The fourth-order valence-electron chi connectivity index (χ4n) is 2.07. The van der Waals surface area contributed by atoms with Gasteiger partial charge < -0.3 is 9.67 Å². The zero-order valence-corrected chi connectivity index (χ0v) is 10.3. The van der Waals surface area contributed by atoms with Gasteiger partial charge >= 0.3 is 5.97 Å². The lowest BCUT2D eigenvalue weighted by atomic mass is 10.2. The second-order valence-electron chi connectivity index (χ2n) is 4.40. The number of hydrogen-bond acceptors (Lipinski definition) is 3. The van der Waals surface area contributed by atoms with Crippen molar-refractivity contribution in [2.24, 2.45) is 7.05 Å². The van der Waals surface area contributed by atoms with Gasteiger partial charge in [-0.25, -0.2) is 9.78 Å². The molecular weight excluding hydrogens is 244 g/mol. The monoisotopic (exact) mass is 256 g/mol. The first kappa shape index (κ1) is 11.5. The Kier molecular flexibility index (Phi) is 2.56. The summed E-state index contributed by atoms with van der Waals surface area (Å²) in [5.74, 6) is -0.941. The van der Waals surface area contributed by atoms with Crippen LogP contribution in [0, 0.1) is 0 Å². The van der Waals surface area contributed by atoms with E-state index in [1.54, 1.807) is 35.4 Å². The molecule has 0 saturated carbocycles. The summed E-state index contributed by atoms with van der Waals surface area (Å²) < 4.78 is 3.72. The number of rotatable bonds is 3. The van der Waals surface area contributed by atoms with Crippen LogP contribution in [0.1, 0.15) is 15.9 Å². The van der Waals surface area contributed by atoms with Gasteiger partial charge in [-0.3, -0.25) is 4.68 Å². The number of nitrogens with zero attached hydrogens (tertiary/aromatic N) is 4. The molecule has 2 heterocycles. The molecule has 1 N–H and O–H groups in total. The maximum Gasteiger partial charge on any atom is 0.335 e. The molecule has 0 saturated heterocycles. The van der Waals surface area contributed by atoms with Gasteiger partial charge in [0.1, 0.15) is 0 Å². The van der Waals surface area contributed by atoms with E-state index >= 15 is 0 Å². The van der Waals surface area contributed by atoms with Crippen molar-refractivity contribution in [3.63, 3.8) is 0 Å². The van der Waals surface area contributed by atoms with E-state index < -0.39 is 5.97 Å². The van der Waals surface area contributed by atoms with E-state index in [-0.39, 0.29) is 5.56 Å². The number of aromatic nitrogens is 4. The average molecular weight is 256 g/mol. The van der Waals surface area contributed by atoms with Gasteiger partial charge in [-0.05, 0) is 18.2 Å². The molecule has 0 fully saturated rings. The normalized spacial score (nSPS) is 11.0. The van der Waals surface area contributed by atoms with Gasteiger partial charge in [0.25, 0.3) is 0 Å². The van der Waals surface area contributed by atoms with Crippen LogP contribution in [0.3, 0.4) is 0 Å². The molecule has 0 atom stereocenters. The highest BCUT2D eigenvalue weighted by Crippen LogP contribution is 2.16. The van der Waals surface area contributed by atoms with Crippen LogP contribution < -0.4 is 0 Å². The van der Waals surface area contributed by atoms with E-state index in [1.165, 1.54) is 0 Å². The van der Waals surface area contributed by atoms with E-state index in [0.29, 0.717) is 12.1 Å². The first-order valence-electron chi connectivity index (χ1n) is 5.79. The maximum absolute atomic E-state index is 10.9. The second kappa shape index (κ2) is 4.24. The van der Waals surface area contributed by atoms with Gasteiger partial charge in [-0.15, -0.1) is 0 Å². The van der Waals surface area contributed by atoms with Crippen LogP contribution in [0.15, 0.2) is 36.9 Å². The van der Waals surface area contributed by atoms with Crippen LogP contribution in [0.5, 0.6) is 0 Å². The topological polar surface area (TPSA) is 72.9 Å². The summed E-state index contributed by atoms with van der Waals surface area (Å²) in [5.41, 5.74) is 2.92. The van der Waals surface area contributed by atoms with Crippen molar-refractivity contribution in [2.75, 3.05) is 0 Å². The molecule has 0 spiro atoms. The molecule has 6 nitrogen and oxygen atoms in total. The van der Waals surface area contributed by atoms with Crippen LogP contribution in [0.2, 0.25) is 0 Å². The number of fused-ring (bicyclic) bond motifs is 1. The van der Waals surface area contributed by atoms with Crippen molar-refractivity contribution in [2.45, 2.75) is 6.54 Å². The standard InChI is InChI=1S/C13H12N4O2/c1-16-6-9(5-15-16)7-17-8-14-11-4-10(13(18)19)2-3-12(11)17/h2-6,8H,7H2,1H3,(H,18,19). The van der Waals surface area contributed by atoms with Crippen LogP contribution >= 0.6 is 0 Å². The van der Waals surface area contributed by atoms with Crippen LogP contribution in [0.4, 0.5) is 0 Å². The minimum absolute atomic E-state index is 0.249. The predicted octanol–water partition coefficient (Wildman–Crippen LogP) is 1.52. The number of aromatic carboxylic acids is 1. The Morgan fingerprint density at radius 3 is 2.95 bits per heavy atom. The number of aryl methyl sites for hydroxylation is 1. The van der Waals surface area contributed by atoms with Gasteiger partial charge in [0.2, 0.25) is 0 Å². The smallest absolute Gasteiger partial charge is 0.335 e. The second-order valence-corrected chi connectivity index (χ2v) is 4.40. The molecule has 19 heavy (non-hydrogen) atoms. The molecule has 3 rings (SSSR count). The summed E-state index contributed by atoms with van der Waals surface area (Å²) in [6.45, 7) is 0.663. The van der Waals surface area contributed by atoms with E-state index in [2.05, 4.69) is 10.1 Å². The van der Waals surface area contributed by atoms with Gasteiger partial charge in [-0.1, -0.05) is 0 Å². The Bertz CT molecular complexity index is 757. The Hall–Kier alpha value is -2.63. The van der Waals surface area contributed by atoms with Crippen molar-refractivity contribution in [3.8, 4) is 0 Å². The molecule has 1 aromatic carbocycles. The molecule has 0 bridgehead atoms. The van der Waals surface area contributed by atoms with Crippen molar-refractivity contribution < 1.29 is 9.90 Å². The lowest BCUT2D eigenvalue weighted by Gasteiger charge is -2.02. The van der Waals surface area contributed by atoms with Crippen molar-refractivity contribution in [1.82, 2.24) is 19.3 Å². The maximum atomic E-state index is 10.9. The fourth-order valence-corrected chi connectivity index (χ4v) is 2.07. The lowest BCUT2D eigenvalue weighted by Crippen LogP contribution is -1.98. The number of carboxylic acid groups (broad SMARTS) is 1. The summed E-state index contributed by atoms with van der Waals surface area (Å²) in [4.78, 5) is 15.1. The minimum Gasteiger partial charge on any atom is -0.478 e.